The van der Waals surface area contributed by atoms with E-state index in [4.69, 9.17) is 27.7 Å². The molecule has 5 nitrogen and oxygen atoms in total. The minimum absolute atomic E-state index is 0.466. The van der Waals surface area contributed by atoms with Crippen LogP contribution in [0.5, 0.6) is 0 Å². The standard InChI is InChI=1S/C17H12Cl2N4O/c1-2-14-20-7-12-10(6-21-17(12)23-14)16-11(8-22-24-16)9-4-3-5-13(18)15(9)19/h3-8H,2H2,1H3,(H,20,21,23). The lowest BCUT2D eigenvalue weighted by molar-refractivity contribution is 0.433. The molecule has 0 aliphatic heterocycles. The Kier molecular flexibility index (Phi) is 3.75. The Morgan fingerprint density at radius 2 is 2.00 bits per heavy atom. The lowest BCUT2D eigenvalue weighted by atomic mass is 10.0. The second-order valence-electron chi connectivity index (χ2n) is 5.27. The van der Waals surface area contributed by atoms with Gasteiger partial charge in [-0.05, 0) is 6.07 Å². The van der Waals surface area contributed by atoms with Crippen molar-refractivity contribution in [3.63, 3.8) is 0 Å². The van der Waals surface area contributed by atoms with E-state index in [1.807, 2.05) is 25.3 Å². The number of aromatic nitrogens is 4. The smallest absolute Gasteiger partial charge is 0.176 e. The maximum atomic E-state index is 6.34. The lowest BCUT2D eigenvalue weighted by Crippen LogP contribution is -1.91. The zero-order chi connectivity index (χ0) is 16.7. The monoisotopic (exact) mass is 358 g/mol. The first-order chi connectivity index (χ1) is 11.7. The first-order valence-electron chi connectivity index (χ1n) is 7.41. The van der Waals surface area contributed by atoms with Crippen LogP contribution >= 0.6 is 23.2 Å². The van der Waals surface area contributed by atoms with Crippen LogP contribution in [0.25, 0.3) is 33.5 Å². The molecule has 120 valence electrons. The van der Waals surface area contributed by atoms with Gasteiger partial charge in [0.1, 0.15) is 11.5 Å². The van der Waals surface area contributed by atoms with Gasteiger partial charge in [0.25, 0.3) is 0 Å². The lowest BCUT2D eigenvalue weighted by Gasteiger charge is -2.05. The Morgan fingerprint density at radius 3 is 2.83 bits per heavy atom. The quantitative estimate of drug-likeness (QED) is 0.549. The SMILES string of the molecule is CCc1ncc2c(-c3oncc3-c3cccc(Cl)c3Cl)c[nH]c2n1. The van der Waals surface area contributed by atoms with E-state index in [1.54, 1.807) is 18.5 Å². The molecule has 0 amide bonds. The highest BCUT2D eigenvalue weighted by atomic mass is 35.5. The first-order valence-corrected chi connectivity index (χ1v) is 8.17. The van der Waals surface area contributed by atoms with Gasteiger partial charge in [-0.15, -0.1) is 0 Å². The Balaban J connectivity index is 1.91. The molecule has 0 unspecified atom stereocenters. The summed E-state index contributed by atoms with van der Waals surface area (Å²) in [6.07, 6.45) is 6.03. The van der Waals surface area contributed by atoms with E-state index in [0.717, 1.165) is 40.0 Å². The molecule has 3 aromatic heterocycles. The van der Waals surface area contributed by atoms with Crippen LogP contribution in [0.1, 0.15) is 12.7 Å². The van der Waals surface area contributed by atoms with E-state index in [2.05, 4.69) is 20.1 Å². The Labute approximate surface area is 147 Å². The van der Waals surface area contributed by atoms with Crippen molar-refractivity contribution >= 4 is 34.2 Å². The number of aromatic amines is 1. The maximum absolute atomic E-state index is 6.34. The van der Waals surface area contributed by atoms with Crippen LogP contribution in [0, 0.1) is 0 Å². The normalized spacial score (nSPS) is 11.3. The van der Waals surface area contributed by atoms with Crippen molar-refractivity contribution in [1.82, 2.24) is 20.1 Å². The fraction of sp³-hybridized carbons (Fsp3) is 0.118. The highest BCUT2D eigenvalue weighted by molar-refractivity contribution is 6.43. The van der Waals surface area contributed by atoms with E-state index in [-0.39, 0.29) is 0 Å². The summed E-state index contributed by atoms with van der Waals surface area (Å²) in [4.78, 5) is 12.0. The summed E-state index contributed by atoms with van der Waals surface area (Å²) in [5.41, 5.74) is 3.12. The first kappa shape index (κ1) is 15.2. The molecule has 0 aliphatic rings. The molecule has 0 saturated heterocycles. The molecule has 1 N–H and O–H groups in total. The molecular weight excluding hydrogens is 347 g/mol. The van der Waals surface area contributed by atoms with Gasteiger partial charge in [0, 0.05) is 35.3 Å². The molecule has 24 heavy (non-hydrogen) atoms. The van der Waals surface area contributed by atoms with Crippen LogP contribution in [0.4, 0.5) is 0 Å². The molecule has 4 rings (SSSR count). The molecule has 3 heterocycles. The van der Waals surface area contributed by atoms with Crippen molar-refractivity contribution in [2.24, 2.45) is 0 Å². The summed E-state index contributed by atoms with van der Waals surface area (Å²) in [6, 6.07) is 5.46. The van der Waals surface area contributed by atoms with Gasteiger partial charge < -0.3 is 9.51 Å². The summed E-state index contributed by atoms with van der Waals surface area (Å²) >= 11 is 12.5. The highest BCUT2D eigenvalue weighted by Crippen LogP contribution is 2.40. The fourth-order valence-electron chi connectivity index (χ4n) is 2.64. The summed E-state index contributed by atoms with van der Waals surface area (Å²) < 4.78 is 5.50. The van der Waals surface area contributed by atoms with Crippen LogP contribution in [0.3, 0.4) is 0 Å². The summed E-state index contributed by atoms with van der Waals surface area (Å²) in [7, 11) is 0. The zero-order valence-corrected chi connectivity index (χ0v) is 14.2. The largest absolute Gasteiger partial charge is 0.356 e. The molecule has 0 bridgehead atoms. The molecule has 0 saturated carbocycles. The number of nitrogens with zero attached hydrogens (tertiary/aromatic N) is 3. The van der Waals surface area contributed by atoms with Gasteiger partial charge in [0.2, 0.25) is 0 Å². The van der Waals surface area contributed by atoms with Crippen molar-refractivity contribution in [1.29, 1.82) is 0 Å². The van der Waals surface area contributed by atoms with E-state index >= 15 is 0 Å². The van der Waals surface area contributed by atoms with E-state index < -0.39 is 0 Å². The Hall–Kier alpha value is -2.37. The van der Waals surface area contributed by atoms with Gasteiger partial charge in [-0.25, -0.2) is 9.97 Å². The van der Waals surface area contributed by atoms with E-state index in [9.17, 15) is 0 Å². The van der Waals surface area contributed by atoms with Gasteiger partial charge in [0.05, 0.1) is 21.8 Å². The van der Waals surface area contributed by atoms with Gasteiger partial charge in [0.15, 0.2) is 5.76 Å². The predicted molar refractivity (Wildman–Crippen MR) is 94.2 cm³/mol. The third-order valence-electron chi connectivity index (χ3n) is 3.86. The molecule has 0 spiro atoms. The van der Waals surface area contributed by atoms with Crippen LogP contribution in [-0.2, 0) is 6.42 Å². The second-order valence-corrected chi connectivity index (χ2v) is 6.06. The maximum Gasteiger partial charge on any atom is 0.176 e. The van der Waals surface area contributed by atoms with Crippen LogP contribution in [0.2, 0.25) is 10.0 Å². The molecule has 0 aliphatic carbocycles. The predicted octanol–water partition coefficient (Wildman–Crippen LogP) is 5.15. The van der Waals surface area contributed by atoms with Crippen LogP contribution < -0.4 is 0 Å². The van der Waals surface area contributed by atoms with Gasteiger partial charge in [-0.3, -0.25) is 0 Å². The number of halogens is 2. The van der Waals surface area contributed by atoms with Crippen molar-refractivity contribution in [3.05, 3.63) is 52.7 Å². The van der Waals surface area contributed by atoms with Gasteiger partial charge in [-0.1, -0.05) is 47.4 Å². The number of aryl methyl sites for hydroxylation is 1. The number of hydrogen-bond acceptors (Lipinski definition) is 4. The van der Waals surface area contributed by atoms with Crippen molar-refractivity contribution in [3.8, 4) is 22.5 Å². The highest BCUT2D eigenvalue weighted by Gasteiger charge is 2.19. The average Bonchev–Trinajstić information content (AvgIpc) is 3.22. The summed E-state index contributed by atoms with van der Waals surface area (Å²) in [6.45, 7) is 2.01. The second kappa shape index (κ2) is 5.92. The topological polar surface area (TPSA) is 67.6 Å². The van der Waals surface area contributed by atoms with Gasteiger partial charge >= 0.3 is 0 Å². The molecule has 0 fully saturated rings. The zero-order valence-electron chi connectivity index (χ0n) is 12.7. The van der Waals surface area contributed by atoms with Crippen molar-refractivity contribution in [2.45, 2.75) is 13.3 Å². The third-order valence-corrected chi connectivity index (χ3v) is 4.67. The molecule has 0 radical (unpaired) electrons. The third kappa shape index (κ3) is 2.37. The minimum atomic E-state index is 0.466. The molecule has 0 atom stereocenters. The van der Waals surface area contributed by atoms with Crippen molar-refractivity contribution in [2.75, 3.05) is 0 Å². The molecule has 4 aromatic rings. The summed E-state index contributed by atoms with van der Waals surface area (Å²) in [5.74, 6) is 1.38. The van der Waals surface area contributed by atoms with Crippen molar-refractivity contribution < 1.29 is 4.52 Å². The molecule has 1 aromatic carbocycles. The van der Waals surface area contributed by atoms with Gasteiger partial charge in [-0.2, -0.15) is 0 Å². The number of hydrogen-bond donors (Lipinski definition) is 1. The number of benzene rings is 1. The van der Waals surface area contributed by atoms with Crippen LogP contribution in [0.15, 0.2) is 41.3 Å². The van der Waals surface area contributed by atoms with E-state index in [1.165, 1.54) is 0 Å². The van der Waals surface area contributed by atoms with Crippen LogP contribution in [-0.4, -0.2) is 20.1 Å². The average molecular weight is 359 g/mol. The summed E-state index contributed by atoms with van der Waals surface area (Å²) in [5, 5.41) is 5.75. The number of nitrogens with one attached hydrogen (secondary N) is 1. The fourth-order valence-corrected chi connectivity index (χ4v) is 3.04. The molecular formula is C17H12Cl2N4O. The molecule has 7 heteroatoms. The number of H-pyrrole nitrogens is 1. The Morgan fingerprint density at radius 1 is 1.12 bits per heavy atom. The number of rotatable bonds is 3. The minimum Gasteiger partial charge on any atom is -0.356 e. The number of fused-ring (bicyclic) bond motifs is 1. The van der Waals surface area contributed by atoms with E-state index in [0.29, 0.717) is 15.8 Å². The Bertz CT molecular complexity index is 1040.